The number of amides is 1. The van der Waals surface area contributed by atoms with Gasteiger partial charge in [0.05, 0.1) is 5.69 Å². The van der Waals surface area contributed by atoms with Crippen molar-refractivity contribution in [2.24, 2.45) is 0 Å². The van der Waals surface area contributed by atoms with E-state index >= 15 is 0 Å². The van der Waals surface area contributed by atoms with Crippen LogP contribution in [0, 0.1) is 5.82 Å². The summed E-state index contributed by atoms with van der Waals surface area (Å²) in [6, 6.07) is 7.88. The summed E-state index contributed by atoms with van der Waals surface area (Å²) in [6.07, 6.45) is 1.71. The van der Waals surface area contributed by atoms with Gasteiger partial charge in [-0.05, 0) is 58.0 Å². The molecule has 2 rings (SSSR count). The standard InChI is InChI=1S/C16H20FN3O/c1-11(2)20(12(3)4)16(21)15-9-10-19(18-15)14-7-5-13(17)6-8-14/h5-12H,1-4H3. The third-order valence-electron chi connectivity index (χ3n) is 3.25. The molecule has 0 saturated carbocycles. The van der Waals surface area contributed by atoms with Crippen LogP contribution in [0.1, 0.15) is 38.2 Å². The minimum absolute atomic E-state index is 0.0964. The molecule has 0 N–H and O–H groups in total. The first-order valence-corrected chi connectivity index (χ1v) is 7.04. The van der Waals surface area contributed by atoms with Crippen molar-refractivity contribution in [1.82, 2.24) is 14.7 Å². The zero-order valence-electron chi connectivity index (χ0n) is 12.7. The van der Waals surface area contributed by atoms with E-state index in [0.717, 1.165) is 5.69 Å². The number of halogens is 1. The lowest BCUT2D eigenvalue weighted by molar-refractivity contribution is 0.0637. The molecule has 1 aromatic carbocycles. The minimum atomic E-state index is -0.298. The number of carbonyl (C=O) groups is 1. The van der Waals surface area contributed by atoms with Gasteiger partial charge in [0.1, 0.15) is 5.82 Å². The number of aromatic nitrogens is 2. The van der Waals surface area contributed by atoms with Crippen molar-refractivity contribution in [2.45, 2.75) is 39.8 Å². The highest BCUT2D eigenvalue weighted by Gasteiger charge is 2.23. The largest absolute Gasteiger partial charge is 0.332 e. The van der Waals surface area contributed by atoms with Gasteiger partial charge < -0.3 is 4.90 Å². The molecule has 2 aromatic rings. The summed E-state index contributed by atoms with van der Waals surface area (Å²) in [6.45, 7) is 7.92. The van der Waals surface area contributed by atoms with E-state index in [1.165, 1.54) is 12.1 Å². The average molecular weight is 289 g/mol. The van der Waals surface area contributed by atoms with Crippen molar-refractivity contribution in [3.05, 3.63) is 48.0 Å². The zero-order valence-corrected chi connectivity index (χ0v) is 12.7. The molecule has 1 heterocycles. The average Bonchev–Trinajstić information content (AvgIpc) is 2.88. The predicted octanol–water partition coefficient (Wildman–Crippen LogP) is 3.27. The molecule has 1 amide bonds. The van der Waals surface area contributed by atoms with Crippen molar-refractivity contribution in [2.75, 3.05) is 0 Å². The molecule has 0 radical (unpaired) electrons. The lowest BCUT2D eigenvalue weighted by Crippen LogP contribution is -2.42. The van der Waals surface area contributed by atoms with Gasteiger partial charge in [-0.15, -0.1) is 0 Å². The van der Waals surface area contributed by atoms with Crippen LogP contribution in [0.3, 0.4) is 0 Å². The van der Waals surface area contributed by atoms with Gasteiger partial charge in [0.2, 0.25) is 0 Å². The lowest BCUT2D eigenvalue weighted by atomic mass is 10.2. The summed E-state index contributed by atoms with van der Waals surface area (Å²) in [5.41, 5.74) is 1.11. The summed E-state index contributed by atoms with van der Waals surface area (Å²) in [5.74, 6) is -0.395. The Morgan fingerprint density at radius 1 is 1.10 bits per heavy atom. The van der Waals surface area contributed by atoms with E-state index in [1.54, 1.807) is 34.0 Å². The summed E-state index contributed by atoms with van der Waals surface area (Å²) >= 11 is 0. The maximum atomic E-state index is 12.9. The third kappa shape index (κ3) is 3.29. The van der Waals surface area contributed by atoms with Gasteiger partial charge >= 0.3 is 0 Å². The molecule has 0 aliphatic carbocycles. The van der Waals surface area contributed by atoms with E-state index < -0.39 is 0 Å². The van der Waals surface area contributed by atoms with E-state index in [2.05, 4.69) is 5.10 Å². The molecule has 4 nitrogen and oxygen atoms in total. The Kier molecular flexibility index (Phi) is 4.40. The number of nitrogens with zero attached hydrogens (tertiary/aromatic N) is 3. The minimum Gasteiger partial charge on any atom is -0.332 e. The Morgan fingerprint density at radius 3 is 2.19 bits per heavy atom. The van der Waals surface area contributed by atoms with E-state index in [9.17, 15) is 9.18 Å². The van der Waals surface area contributed by atoms with Crippen LogP contribution in [0.4, 0.5) is 4.39 Å². The van der Waals surface area contributed by atoms with E-state index in [-0.39, 0.29) is 23.8 Å². The van der Waals surface area contributed by atoms with Crippen LogP contribution < -0.4 is 0 Å². The van der Waals surface area contributed by atoms with Crippen LogP contribution in [-0.2, 0) is 0 Å². The molecule has 5 heteroatoms. The predicted molar refractivity (Wildman–Crippen MR) is 80.0 cm³/mol. The number of hydrogen-bond acceptors (Lipinski definition) is 2. The van der Waals surface area contributed by atoms with Crippen molar-refractivity contribution in [3.8, 4) is 5.69 Å². The second-order valence-electron chi connectivity index (χ2n) is 5.52. The Bertz CT molecular complexity index is 609. The highest BCUT2D eigenvalue weighted by Crippen LogP contribution is 2.13. The normalized spacial score (nSPS) is 11.2. The van der Waals surface area contributed by atoms with Crippen molar-refractivity contribution >= 4 is 5.91 Å². The summed E-state index contributed by atoms with van der Waals surface area (Å²) in [5, 5.41) is 4.30. The second kappa shape index (κ2) is 6.08. The van der Waals surface area contributed by atoms with Crippen molar-refractivity contribution in [3.63, 3.8) is 0 Å². The first-order chi connectivity index (χ1) is 9.90. The number of benzene rings is 1. The van der Waals surface area contributed by atoms with Gasteiger partial charge in [0.25, 0.3) is 5.91 Å². The molecule has 1 aromatic heterocycles. The molecule has 0 spiro atoms. The molecule has 0 fully saturated rings. The van der Waals surface area contributed by atoms with Gasteiger partial charge in [0, 0.05) is 18.3 Å². The SMILES string of the molecule is CC(C)N(C(=O)c1ccn(-c2ccc(F)cc2)n1)C(C)C. The Labute approximate surface area is 124 Å². The van der Waals surface area contributed by atoms with Crippen LogP contribution in [0.15, 0.2) is 36.5 Å². The molecular weight excluding hydrogens is 269 g/mol. The van der Waals surface area contributed by atoms with Gasteiger partial charge in [-0.25, -0.2) is 9.07 Å². The molecule has 0 saturated heterocycles. The molecular formula is C16H20FN3O. The van der Waals surface area contributed by atoms with Gasteiger partial charge in [0.15, 0.2) is 5.69 Å². The summed E-state index contributed by atoms with van der Waals surface area (Å²) in [7, 11) is 0. The van der Waals surface area contributed by atoms with Crippen LogP contribution in [0.25, 0.3) is 5.69 Å². The molecule has 0 bridgehead atoms. The first-order valence-electron chi connectivity index (χ1n) is 7.04. The maximum absolute atomic E-state index is 12.9. The number of carbonyl (C=O) groups excluding carboxylic acids is 1. The fourth-order valence-electron chi connectivity index (χ4n) is 2.37. The smallest absolute Gasteiger partial charge is 0.274 e. The van der Waals surface area contributed by atoms with E-state index in [4.69, 9.17) is 0 Å². The topological polar surface area (TPSA) is 38.1 Å². The fourth-order valence-corrected chi connectivity index (χ4v) is 2.37. The highest BCUT2D eigenvalue weighted by atomic mass is 19.1. The fraction of sp³-hybridized carbons (Fsp3) is 0.375. The zero-order chi connectivity index (χ0) is 15.6. The van der Waals surface area contributed by atoms with E-state index in [0.29, 0.717) is 5.69 Å². The first kappa shape index (κ1) is 15.2. The van der Waals surface area contributed by atoms with Crippen molar-refractivity contribution in [1.29, 1.82) is 0 Å². The monoisotopic (exact) mass is 289 g/mol. The quantitative estimate of drug-likeness (QED) is 0.866. The van der Waals surface area contributed by atoms with Gasteiger partial charge in [-0.1, -0.05) is 0 Å². The number of rotatable bonds is 4. The molecule has 0 aliphatic heterocycles. The molecule has 112 valence electrons. The van der Waals surface area contributed by atoms with Crippen LogP contribution in [0.5, 0.6) is 0 Å². The third-order valence-corrected chi connectivity index (χ3v) is 3.25. The molecule has 0 unspecified atom stereocenters. The highest BCUT2D eigenvalue weighted by molar-refractivity contribution is 5.92. The van der Waals surface area contributed by atoms with Gasteiger partial charge in [-0.3, -0.25) is 4.79 Å². The van der Waals surface area contributed by atoms with Crippen LogP contribution in [0.2, 0.25) is 0 Å². The van der Waals surface area contributed by atoms with E-state index in [1.807, 2.05) is 27.7 Å². The molecule has 0 atom stereocenters. The van der Waals surface area contributed by atoms with Crippen LogP contribution >= 0.6 is 0 Å². The number of hydrogen-bond donors (Lipinski definition) is 0. The maximum Gasteiger partial charge on any atom is 0.274 e. The summed E-state index contributed by atoms with van der Waals surface area (Å²) in [4.78, 5) is 14.3. The second-order valence-corrected chi connectivity index (χ2v) is 5.52. The molecule has 0 aliphatic rings. The molecule has 21 heavy (non-hydrogen) atoms. The van der Waals surface area contributed by atoms with Gasteiger partial charge in [-0.2, -0.15) is 5.10 Å². The van der Waals surface area contributed by atoms with Crippen molar-refractivity contribution < 1.29 is 9.18 Å². The lowest BCUT2D eigenvalue weighted by Gasteiger charge is -2.30. The van der Waals surface area contributed by atoms with Crippen LogP contribution in [-0.4, -0.2) is 32.7 Å². The Hall–Kier alpha value is -2.17. The Morgan fingerprint density at radius 2 is 1.67 bits per heavy atom. The summed E-state index contributed by atoms with van der Waals surface area (Å²) < 4.78 is 14.5. The Balaban J connectivity index is 2.27.